The topological polar surface area (TPSA) is 129 Å². The first-order chi connectivity index (χ1) is 18.7. The summed E-state index contributed by atoms with van der Waals surface area (Å²) in [5.74, 6) is -2.71. The van der Waals surface area contributed by atoms with Gasteiger partial charge in [-0.3, -0.25) is 9.69 Å². The van der Waals surface area contributed by atoms with Crippen molar-refractivity contribution in [3.05, 3.63) is 81.8 Å². The Kier molecular flexibility index (Phi) is 8.12. The molecule has 0 aromatic heterocycles. The second kappa shape index (κ2) is 11.5. The van der Waals surface area contributed by atoms with Crippen molar-refractivity contribution in [2.75, 3.05) is 50.2 Å². The van der Waals surface area contributed by atoms with Crippen molar-refractivity contribution in [3.63, 3.8) is 0 Å². The molecule has 39 heavy (non-hydrogen) atoms. The van der Waals surface area contributed by atoms with E-state index in [1.165, 1.54) is 26.0 Å². The number of carbonyl (C=O) groups is 3. The SMILES string of the molecule is COC(=O)C1=C(C(=O)OC)N(c2cccc(Cl)c2N2CCN(C(C)=O)CC2)C(N)=C(C#N)C1c1ccccc1. The molecule has 0 spiro atoms. The fourth-order valence-electron chi connectivity index (χ4n) is 5.01. The van der Waals surface area contributed by atoms with Gasteiger partial charge in [-0.05, 0) is 17.7 Å². The highest BCUT2D eigenvalue weighted by molar-refractivity contribution is 6.34. The highest BCUT2D eigenvalue weighted by atomic mass is 35.5. The lowest BCUT2D eigenvalue weighted by molar-refractivity contribution is -0.139. The molecule has 10 nitrogen and oxygen atoms in total. The van der Waals surface area contributed by atoms with E-state index >= 15 is 0 Å². The predicted octanol–water partition coefficient (Wildman–Crippen LogP) is 2.91. The molecular formula is C28H28ClN5O5. The Balaban J connectivity index is 1.99. The number of piperazine rings is 1. The van der Waals surface area contributed by atoms with Gasteiger partial charge in [0.2, 0.25) is 5.91 Å². The minimum atomic E-state index is -0.976. The lowest BCUT2D eigenvalue weighted by atomic mass is 9.81. The van der Waals surface area contributed by atoms with Crippen molar-refractivity contribution < 1.29 is 23.9 Å². The third kappa shape index (κ3) is 5.01. The molecule has 1 atom stereocenters. The molecule has 1 saturated heterocycles. The number of carbonyl (C=O) groups excluding carboxylic acids is 3. The second-order valence-electron chi connectivity index (χ2n) is 8.94. The largest absolute Gasteiger partial charge is 0.466 e. The standard InChI is InChI=1S/C28H28ClN5O5/c1-17(35)32-12-14-33(15-13-32)24-20(29)10-7-11-21(24)34-25(28(37)39-3)23(27(36)38-2)22(19(16-30)26(34)31)18-8-5-4-6-9-18/h4-11,22H,12-15,31H2,1-3H3. The number of methoxy groups -OCH3 is 2. The Morgan fingerprint density at radius 1 is 0.974 bits per heavy atom. The van der Waals surface area contributed by atoms with Crippen LogP contribution in [0, 0.1) is 11.3 Å². The van der Waals surface area contributed by atoms with Crippen molar-refractivity contribution >= 4 is 40.8 Å². The molecule has 202 valence electrons. The number of amides is 1. The highest BCUT2D eigenvalue weighted by Crippen LogP contribution is 2.47. The molecule has 0 bridgehead atoms. The van der Waals surface area contributed by atoms with Gasteiger partial charge >= 0.3 is 11.9 Å². The molecule has 11 heteroatoms. The number of hydrogen-bond donors (Lipinski definition) is 1. The van der Waals surface area contributed by atoms with E-state index < -0.39 is 17.9 Å². The predicted molar refractivity (Wildman–Crippen MR) is 145 cm³/mol. The Morgan fingerprint density at radius 3 is 2.18 bits per heavy atom. The van der Waals surface area contributed by atoms with Crippen LogP contribution in [-0.2, 0) is 23.9 Å². The summed E-state index contributed by atoms with van der Waals surface area (Å²) in [5, 5.41) is 10.7. The Bertz CT molecular complexity index is 1410. The van der Waals surface area contributed by atoms with Gasteiger partial charge in [-0.15, -0.1) is 0 Å². The fourth-order valence-corrected chi connectivity index (χ4v) is 5.30. The Morgan fingerprint density at radius 2 is 1.62 bits per heavy atom. The van der Waals surface area contributed by atoms with Crippen molar-refractivity contribution in [2.45, 2.75) is 12.8 Å². The summed E-state index contributed by atoms with van der Waals surface area (Å²) in [6.07, 6.45) is 0. The average molecular weight is 550 g/mol. The van der Waals surface area contributed by atoms with Crippen LogP contribution in [0.2, 0.25) is 5.02 Å². The lowest BCUT2D eigenvalue weighted by Crippen LogP contribution is -2.49. The van der Waals surface area contributed by atoms with Crippen LogP contribution in [0.5, 0.6) is 0 Å². The normalized spacial score (nSPS) is 17.6. The number of halogens is 1. The molecule has 2 aromatic rings. The van der Waals surface area contributed by atoms with Crippen molar-refractivity contribution in [1.29, 1.82) is 5.26 Å². The highest BCUT2D eigenvalue weighted by Gasteiger charge is 2.44. The van der Waals surface area contributed by atoms with Crippen LogP contribution in [0.3, 0.4) is 0 Å². The maximum atomic E-state index is 13.4. The van der Waals surface area contributed by atoms with Gasteiger partial charge in [0.25, 0.3) is 0 Å². The number of nitriles is 1. The number of ether oxygens (including phenoxy) is 2. The van der Waals surface area contributed by atoms with Gasteiger partial charge in [0.1, 0.15) is 11.5 Å². The summed E-state index contributed by atoms with van der Waals surface area (Å²) in [7, 11) is 2.39. The Hall–Kier alpha value is -4.49. The van der Waals surface area contributed by atoms with Crippen LogP contribution in [0.15, 0.2) is 71.2 Å². The zero-order chi connectivity index (χ0) is 28.3. The van der Waals surface area contributed by atoms with Crippen LogP contribution in [-0.4, -0.2) is 63.1 Å². The summed E-state index contributed by atoms with van der Waals surface area (Å²) in [6.45, 7) is 3.39. The van der Waals surface area contributed by atoms with Crippen molar-refractivity contribution in [1.82, 2.24) is 4.90 Å². The van der Waals surface area contributed by atoms with Crippen LogP contribution in [0.4, 0.5) is 11.4 Å². The van der Waals surface area contributed by atoms with E-state index in [9.17, 15) is 19.6 Å². The molecule has 2 aromatic carbocycles. The number of hydrogen-bond acceptors (Lipinski definition) is 9. The molecule has 1 amide bonds. The number of nitrogens with zero attached hydrogens (tertiary/aromatic N) is 4. The number of para-hydroxylation sites is 1. The summed E-state index contributed by atoms with van der Waals surface area (Å²) in [6, 6.07) is 16.0. The molecule has 1 unspecified atom stereocenters. The maximum Gasteiger partial charge on any atom is 0.355 e. The van der Waals surface area contributed by atoms with Gasteiger partial charge < -0.3 is 25.0 Å². The number of benzene rings is 2. The molecule has 2 N–H and O–H groups in total. The number of anilines is 2. The van der Waals surface area contributed by atoms with E-state index in [0.717, 1.165) is 0 Å². The monoisotopic (exact) mass is 549 g/mol. The summed E-state index contributed by atoms with van der Waals surface area (Å²) in [4.78, 5) is 43.7. The molecule has 2 aliphatic rings. The van der Waals surface area contributed by atoms with Gasteiger partial charge in [-0.25, -0.2) is 9.59 Å². The molecule has 0 aliphatic carbocycles. The summed E-state index contributed by atoms with van der Waals surface area (Å²) < 4.78 is 10.2. The number of nitrogens with two attached hydrogens (primary N) is 1. The van der Waals surface area contributed by atoms with E-state index in [1.807, 2.05) is 4.90 Å². The van der Waals surface area contributed by atoms with Crippen LogP contribution in [0.1, 0.15) is 18.4 Å². The molecule has 4 rings (SSSR count). The first-order valence-electron chi connectivity index (χ1n) is 12.2. The van der Waals surface area contributed by atoms with Crippen LogP contribution >= 0.6 is 11.6 Å². The molecule has 2 aliphatic heterocycles. The van der Waals surface area contributed by atoms with E-state index in [1.54, 1.807) is 53.4 Å². The molecule has 2 heterocycles. The first kappa shape index (κ1) is 27.5. The number of esters is 2. The Labute approximate surface area is 231 Å². The first-order valence-corrected chi connectivity index (χ1v) is 12.6. The molecule has 0 radical (unpaired) electrons. The second-order valence-corrected chi connectivity index (χ2v) is 9.34. The van der Waals surface area contributed by atoms with Gasteiger partial charge in [-0.2, -0.15) is 5.26 Å². The van der Waals surface area contributed by atoms with Gasteiger partial charge in [-0.1, -0.05) is 48.0 Å². The average Bonchev–Trinajstić information content (AvgIpc) is 2.96. The molecule has 0 saturated carbocycles. The van der Waals surface area contributed by atoms with Gasteiger partial charge in [0, 0.05) is 33.1 Å². The van der Waals surface area contributed by atoms with Gasteiger partial charge in [0.15, 0.2) is 0 Å². The zero-order valence-electron chi connectivity index (χ0n) is 21.8. The fraction of sp³-hybridized carbons (Fsp3) is 0.286. The van der Waals surface area contributed by atoms with E-state index in [2.05, 4.69) is 6.07 Å². The van der Waals surface area contributed by atoms with Gasteiger partial charge in [0.05, 0.1) is 53.8 Å². The van der Waals surface area contributed by atoms with E-state index in [-0.39, 0.29) is 28.6 Å². The number of allylic oxidation sites excluding steroid dienone is 1. The van der Waals surface area contributed by atoms with Crippen LogP contribution < -0.4 is 15.5 Å². The third-order valence-corrected chi connectivity index (χ3v) is 7.16. The minimum absolute atomic E-state index is 0.0264. The maximum absolute atomic E-state index is 13.4. The quantitative estimate of drug-likeness (QED) is 0.559. The zero-order valence-corrected chi connectivity index (χ0v) is 22.6. The van der Waals surface area contributed by atoms with Crippen LogP contribution in [0.25, 0.3) is 0 Å². The molecular weight excluding hydrogens is 522 g/mol. The van der Waals surface area contributed by atoms with E-state index in [4.69, 9.17) is 26.8 Å². The van der Waals surface area contributed by atoms with Crippen molar-refractivity contribution in [2.24, 2.45) is 5.73 Å². The summed E-state index contributed by atoms with van der Waals surface area (Å²) >= 11 is 6.72. The minimum Gasteiger partial charge on any atom is -0.466 e. The summed E-state index contributed by atoms with van der Waals surface area (Å²) in [5.41, 5.74) is 7.93. The van der Waals surface area contributed by atoms with Crippen molar-refractivity contribution in [3.8, 4) is 6.07 Å². The van der Waals surface area contributed by atoms with E-state index in [0.29, 0.717) is 48.1 Å². The lowest BCUT2D eigenvalue weighted by Gasteiger charge is -2.40. The smallest absolute Gasteiger partial charge is 0.355 e. The third-order valence-electron chi connectivity index (χ3n) is 6.86. The number of rotatable bonds is 5. The molecule has 1 fully saturated rings.